The van der Waals surface area contributed by atoms with Crippen molar-refractivity contribution in [2.75, 3.05) is 12.3 Å². The quantitative estimate of drug-likeness (QED) is 0.499. The summed E-state index contributed by atoms with van der Waals surface area (Å²) in [5.74, 6) is 0.420. The van der Waals surface area contributed by atoms with Gasteiger partial charge >= 0.3 is 0 Å². The second-order valence-electron chi connectivity index (χ2n) is 1.84. The van der Waals surface area contributed by atoms with Crippen LogP contribution in [0.25, 0.3) is 0 Å². The van der Waals surface area contributed by atoms with E-state index in [4.69, 9.17) is 0 Å². The average Bonchev–Trinajstić information content (AvgIpc) is 1.97. The minimum Gasteiger partial charge on any atom is -0.352 e. The number of rotatable bonds is 4. The van der Waals surface area contributed by atoms with Crippen LogP contribution in [0.1, 0.15) is 6.92 Å². The van der Waals surface area contributed by atoms with Crippen LogP contribution in [0, 0.1) is 0 Å². The Hall–Kier alpha value is -0.770. The molecule has 0 saturated heterocycles. The van der Waals surface area contributed by atoms with Crippen LogP contribution in [0.15, 0.2) is 12.7 Å². The van der Waals surface area contributed by atoms with E-state index in [-0.39, 0.29) is 11.0 Å². The molecule has 0 aliphatic carbocycles. The molecule has 1 N–H and O–H groups in total. The van der Waals surface area contributed by atoms with Gasteiger partial charge in [0.2, 0.25) is 5.91 Å². The molecule has 0 bridgehead atoms. The molecule has 0 unspecified atom stereocenters. The molecule has 0 fully saturated rings. The molecule has 0 aliphatic heterocycles. The first kappa shape index (κ1) is 10.2. The summed E-state index contributed by atoms with van der Waals surface area (Å²) in [5, 5.41) is 2.63. The second kappa shape index (κ2) is 5.97. The summed E-state index contributed by atoms with van der Waals surface area (Å²) in [6.07, 6.45) is 1.21. The van der Waals surface area contributed by atoms with Crippen LogP contribution in [0.4, 0.5) is 0 Å². The third-order valence-electron chi connectivity index (χ3n) is 0.892. The first-order valence-corrected chi connectivity index (χ1v) is 4.19. The second-order valence-corrected chi connectivity index (χ2v) is 3.11. The van der Waals surface area contributed by atoms with Crippen LogP contribution < -0.4 is 5.32 Å². The van der Waals surface area contributed by atoms with E-state index >= 15 is 0 Å². The predicted octanol–water partition coefficient (Wildman–Crippen LogP) is 0.568. The molecule has 0 aromatic rings. The molecule has 0 rings (SSSR count). The van der Waals surface area contributed by atoms with Gasteiger partial charge in [0.15, 0.2) is 5.12 Å². The lowest BCUT2D eigenvalue weighted by molar-refractivity contribution is -0.116. The summed E-state index contributed by atoms with van der Waals surface area (Å²) in [6.45, 7) is 5.30. The lowest BCUT2D eigenvalue weighted by atomic mass is 10.6. The molecule has 3 nitrogen and oxygen atoms in total. The zero-order valence-corrected chi connectivity index (χ0v) is 7.24. The Labute approximate surface area is 70.2 Å². The van der Waals surface area contributed by atoms with Gasteiger partial charge in [0.05, 0.1) is 0 Å². The van der Waals surface area contributed by atoms with E-state index in [0.29, 0.717) is 12.3 Å². The maximum absolute atomic E-state index is 10.5. The van der Waals surface area contributed by atoms with E-state index in [1.807, 2.05) is 0 Å². The molecular formula is C7H11NO2S. The third kappa shape index (κ3) is 7.12. The van der Waals surface area contributed by atoms with Crippen molar-refractivity contribution in [3.05, 3.63) is 12.7 Å². The first-order valence-electron chi connectivity index (χ1n) is 3.20. The Kier molecular flexibility index (Phi) is 5.56. The predicted molar refractivity (Wildman–Crippen MR) is 46.3 cm³/mol. The van der Waals surface area contributed by atoms with E-state index in [0.717, 1.165) is 0 Å². The highest BCUT2D eigenvalue weighted by Crippen LogP contribution is 1.97. The highest BCUT2D eigenvalue weighted by molar-refractivity contribution is 8.13. The van der Waals surface area contributed by atoms with Crippen molar-refractivity contribution in [3.8, 4) is 0 Å². The van der Waals surface area contributed by atoms with Gasteiger partial charge in [-0.2, -0.15) is 0 Å². The summed E-state index contributed by atoms with van der Waals surface area (Å²) >= 11 is 1.20. The molecule has 0 spiro atoms. The summed E-state index contributed by atoms with van der Waals surface area (Å²) in [7, 11) is 0. The molecular weight excluding hydrogens is 162 g/mol. The van der Waals surface area contributed by atoms with Crippen molar-refractivity contribution in [1.82, 2.24) is 5.32 Å². The number of thioether (sulfide) groups is 1. The lowest BCUT2D eigenvalue weighted by Crippen LogP contribution is -2.23. The van der Waals surface area contributed by atoms with Crippen LogP contribution in [-0.4, -0.2) is 23.3 Å². The molecule has 11 heavy (non-hydrogen) atoms. The number of amides is 1. The summed E-state index contributed by atoms with van der Waals surface area (Å²) < 4.78 is 0. The van der Waals surface area contributed by atoms with Crippen LogP contribution in [-0.2, 0) is 9.59 Å². The van der Waals surface area contributed by atoms with E-state index < -0.39 is 0 Å². The number of nitrogens with one attached hydrogen (secondary N) is 1. The molecule has 62 valence electrons. The smallest absolute Gasteiger partial charge is 0.243 e. The van der Waals surface area contributed by atoms with Gasteiger partial charge in [0.25, 0.3) is 0 Å². The van der Waals surface area contributed by atoms with Crippen LogP contribution >= 0.6 is 11.8 Å². The lowest BCUT2D eigenvalue weighted by Gasteiger charge is -1.98. The van der Waals surface area contributed by atoms with Crippen molar-refractivity contribution < 1.29 is 9.59 Å². The van der Waals surface area contributed by atoms with Crippen molar-refractivity contribution >= 4 is 22.8 Å². The molecule has 0 aliphatic rings. The van der Waals surface area contributed by atoms with Gasteiger partial charge in [-0.25, -0.2) is 0 Å². The minimum atomic E-state index is -0.200. The number of carbonyl (C=O) groups excluding carboxylic acids is 2. The first-order chi connectivity index (χ1) is 5.16. The van der Waals surface area contributed by atoms with Gasteiger partial charge in [-0.05, 0) is 6.08 Å². The molecule has 4 heteroatoms. The Morgan fingerprint density at radius 2 is 2.27 bits per heavy atom. The molecule has 0 aromatic heterocycles. The Balaban J connectivity index is 3.21. The zero-order chi connectivity index (χ0) is 8.69. The van der Waals surface area contributed by atoms with E-state index in [2.05, 4.69) is 11.9 Å². The normalized spacial score (nSPS) is 8.82. The summed E-state index contributed by atoms with van der Waals surface area (Å²) in [5.41, 5.74) is 0. The van der Waals surface area contributed by atoms with Crippen LogP contribution in [0.2, 0.25) is 0 Å². The standard InChI is InChI=1S/C7H11NO2S/c1-3-7(10)8-4-5-11-6(2)9/h3H,1,4-5H2,2H3,(H,8,10). The Bertz CT molecular complexity index is 168. The van der Waals surface area contributed by atoms with E-state index in [1.165, 1.54) is 24.8 Å². The molecule has 1 amide bonds. The highest BCUT2D eigenvalue weighted by atomic mass is 32.2. The van der Waals surface area contributed by atoms with Gasteiger partial charge in [-0.3, -0.25) is 9.59 Å². The maximum atomic E-state index is 10.5. The van der Waals surface area contributed by atoms with Gasteiger partial charge in [-0.15, -0.1) is 0 Å². The molecule has 0 heterocycles. The fourth-order valence-electron chi connectivity index (χ4n) is 0.441. The maximum Gasteiger partial charge on any atom is 0.243 e. The van der Waals surface area contributed by atoms with Gasteiger partial charge in [0.1, 0.15) is 0 Å². The monoisotopic (exact) mass is 173 g/mol. The van der Waals surface area contributed by atoms with Crippen molar-refractivity contribution in [2.24, 2.45) is 0 Å². The minimum absolute atomic E-state index is 0.0675. The largest absolute Gasteiger partial charge is 0.352 e. The molecule has 0 aromatic carbocycles. The van der Waals surface area contributed by atoms with Gasteiger partial charge in [0, 0.05) is 19.2 Å². The Morgan fingerprint density at radius 3 is 2.73 bits per heavy atom. The highest BCUT2D eigenvalue weighted by Gasteiger charge is 1.95. The fourth-order valence-corrected chi connectivity index (χ4v) is 0.933. The van der Waals surface area contributed by atoms with E-state index in [1.54, 1.807) is 0 Å². The molecule has 0 saturated carbocycles. The van der Waals surface area contributed by atoms with Gasteiger partial charge < -0.3 is 5.32 Å². The topological polar surface area (TPSA) is 46.2 Å². The number of carbonyl (C=O) groups is 2. The average molecular weight is 173 g/mol. The van der Waals surface area contributed by atoms with Crippen molar-refractivity contribution in [3.63, 3.8) is 0 Å². The van der Waals surface area contributed by atoms with Crippen LogP contribution in [0.3, 0.4) is 0 Å². The fraction of sp³-hybridized carbons (Fsp3) is 0.429. The van der Waals surface area contributed by atoms with Crippen LogP contribution in [0.5, 0.6) is 0 Å². The number of hydrogen-bond acceptors (Lipinski definition) is 3. The zero-order valence-electron chi connectivity index (χ0n) is 6.42. The molecule has 0 atom stereocenters. The van der Waals surface area contributed by atoms with Crippen molar-refractivity contribution in [1.29, 1.82) is 0 Å². The SMILES string of the molecule is C=CC(=O)NCCSC(C)=O. The van der Waals surface area contributed by atoms with E-state index in [9.17, 15) is 9.59 Å². The third-order valence-corrected chi connectivity index (χ3v) is 1.71. The summed E-state index contributed by atoms with van der Waals surface area (Å²) in [6, 6.07) is 0. The Morgan fingerprint density at radius 1 is 1.64 bits per heavy atom. The summed E-state index contributed by atoms with van der Waals surface area (Å²) in [4.78, 5) is 20.9. The molecule has 0 radical (unpaired) electrons. The van der Waals surface area contributed by atoms with Gasteiger partial charge in [-0.1, -0.05) is 18.3 Å². The van der Waals surface area contributed by atoms with Crippen molar-refractivity contribution in [2.45, 2.75) is 6.92 Å². The number of hydrogen-bond donors (Lipinski definition) is 1.